The molecule has 3 aromatic rings. The Hall–Kier alpha value is -3.56. The number of rotatable bonds is 3. The number of carboxylic acid groups (broad SMARTS) is 1. The quantitative estimate of drug-likeness (QED) is 0.412. The van der Waals surface area contributed by atoms with Gasteiger partial charge in [-0.25, -0.2) is 19.4 Å². The minimum Gasteiger partial charge on any atom is -0.475 e. The number of aromatic nitrogens is 3. The van der Waals surface area contributed by atoms with Gasteiger partial charge < -0.3 is 15.7 Å². The molecule has 1 fully saturated rings. The van der Waals surface area contributed by atoms with E-state index in [4.69, 9.17) is 33.8 Å². The molecule has 1 atom stereocenters. The van der Waals surface area contributed by atoms with Crippen molar-refractivity contribution in [2.24, 2.45) is 12.8 Å². The van der Waals surface area contributed by atoms with E-state index in [-0.39, 0.29) is 11.7 Å². The molecule has 1 saturated heterocycles. The van der Waals surface area contributed by atoms with E-state index in [9.17, 15) is 18.0 Å². The van der Waals surface area contributed by atoms with E-state index in [2.05, 4.69) is 14.7 Å². The van der Waals surface area contributed by atoms with Crippen molar-refractivity contribution in [3.8, 4) is 0 Å². The Kier molecular flexibility index (Phi) is 7.72. The molecular weight excluding hydrogens is 489 g/mol. The summed E-state index contributed by atoms with van der Waals surface area (Å²) >= 11 is 6.29. The van der Waals surface area contributed by atoms with Gasteiger partial charge in [0.1, 0.15) is 10.7 Å². The van der Waals surface area contributed by atoms with Gasteiger partial charge in [-0.3, -0.25) is 9.13 Å². The predicted molar refractivity (Wildman–Crippen MR) is 125 cm³/mol. The fourth-order valence-corrected chi connectivity index (χ4v) is 4.07. The average molecular weight is 511 g/mol. The molecule has 0 radical (unpaired) electrons. The maximum absolute atomic E-state index is 13.0. The third-order valence-electron chi connectivity index (χ3n) is 5.51. The molecule has 13 heteroatoms. The number of benzene rings is 1. The number of alkyl halides is 3. The second-order valence-corrected chi connectivity index (χ2v) is 8.34. The van der Waals surface area contributed by atoms with Crippen LogP contribution in [0, 0.1) is 6.57 Å². The first-order valence-electron chi connectivity index (χ1n) is 10.5. The average Bonchev–Trinajstić information content (AvgIpc) is 3.03. The van der Waals surface area contributed by atoms with Gasteiger partial charge in [0.25, 0.3) is 0 Å². The molecule has 1 aromatic carbocycles. The molecule has 0 saturated carbocycles. The summed E-state index contributed by atoms with van der Waals surface area (Å²) in [4.78, 5) is 32.1. The maximum Gasteiger partial charge on any atom is 0.490 e. The van der Waals surface area contributed by atoms with Crippen LogP contribution in [0.2, 0.25) is 5.15 Å². The number of aliphatic carboxylic acids is 1. The first-order valence-corrected chi connectivity index (χ1v) is 10.8. The van der Waals surface area contributed by atoms with Crippen LogP contribution >= 0.6 is 11.6 Å². The molecule has 0 aliphatic carbocycles. The van der Waals surface area contributed by atoms with Gasteiger partial charge in [-0.1, -0.05) is 35.9 Å². The Labute approximate surface area is 203 Å². The number of hydrogen-bond acceptors (Lipinski definition) is 5. The largest absolute Gasteiger partial charge is 0.490 e. The number of nitrogens with zero attached hydrogens (tertiary/aromatic N) is 5. The van der Waals surface area contributed by atoms with E-state index >= 15 is 0 Å². The maximum atomic E-state index is 13.0. The van der Waals surface area contributed by atoms with E-state index in [0.717, 1.165) is 36.2 Å². The first-order chi connectivity index (χ1) is 16.4. The number of piperidine rings is 1. The van der Waals surface area contributed by atoms with Crippen LogP contribution in [0.4, 0.5) is 24.5 Å². The molecule has 3 heterocycles. The van der Waals surface area contributed by atoms with Gasteiger partial charge in [-0.05, 0) is 18.4 Å². The number of pyridine rings is 1. The van der Waals surface area contributed by atoms with Gasteiger partial charge in [-0.15, -0.1) is 0 Å². The summed E-state index contributed by atoms with van der Waals surface area (Å²) in [6.45, 7) is 9.26. The normalized spacial score (nSPS) is 15.9. The Bertz CT molecular complexity index is 1350. The van der Waals surface area contributed by atoms with Gasteiger partial charge in [0.15, 0.2) is 11.3 Å². The van der Waals surface area contributed by atoms with Crippen molar-refractivity contribution in [2.45, 2.75) is 31.6 Å². The highest BCUT2D eigenvalue weighted by molar-refractivity contribution is 6.30. The van der Waals surface area contributed by atoms with Crippen LogP contribution in [-0.2, 0) is 18.4 Å². The molecule has 0 bridgehead atoms. The van der Waals surface area contributed by atoms with E-state index < -0.39 is 12.1 Å². The lowest BCUT2D eigenvalue weighted by molar-refractivity contribution is -0.192. The van der Waals surface area contributed by atoms with Gasteiger partial charge in [0.2, 0.25) is 0 Å². The van der Waals surface area contributed by atoms with Crippen molar-refractivity contribution in [1.29, 1.82) is 0 Å². The number of nitrogens with two attached hydrogens (primary N) is 1. The molecule has 0 unspecified atom stereocenters. The number of carbonyl (C=O) groups is 1. The van der Waals surface area contributed by atoms with E-state index in [0.29, 0.717) is 29.6 Å². The van der Waals surface area contributed by atoms with Crippen LogP contribution in [0.1, 0.15) is 18.4 Å². The van der Waals surface area contributed by atoms with Crippen LogP contribution in [0.3, 0.4) is 0 Å². The third-order valence-corrected chi connectivity index (χ3v) is 5.70. The van der Waals surface area contributed by atoms with Crippen molar-refractivity contribution in [1.82, 2.24) is 14.1 Å². The van der Waals surface area contributed by atoms with Crippen LogP contribution in [0.5, 0.6) is 0 Å². The fourth-order valence-electron chi connectivity index (χ4n) is 3.88. The molecule has 9 nitrogen and oxygen atoms in total. The zero-order valence-electron chi connectivity index (χ0n) is 18.6. The summed E-state index contributed by atoms with van der Waals surface area (Å²) in [5.41, 5.74) is 9.45. The third kappa shape index (κ3) is 5.75. The lowest BCUT2D eigenvalue weighted by atomic mass is 10.1. The number of hydrogen-bond donors (Lipinski definition) is 2. The number of aryl methyl sites for hydroxylation is 1. The summed E-state index contributed by atoms with van der Waals surface area (Å²) in [5, 5.41) is 7.47. The smallest absolute Gasteiger partial charge is 0.475 e. The summed E-state index contributed by atoms with van der Waals surface area (Å²) in [7, 11) is 1.69. The summed E-state index contributed by atoms with van der Waals surface area (Å²) in [5.74, 6) is -2.76. The monoisotopic (exact) mass is 510 g/mol. The lowest BCUT2D eigenvalue weighted by Gasteiger charge is -2.33. The number of imidazole rings is 1. The topological polar surface area (TPSA) is 111 Å². The summed E-state index contributed by atoms with van der Waals surface area (Å²) < 4.78 is 34.9. The Morgan fingerprint density at radius 3 is 2.63 bits per heavy atom. The minimum absolute atomic E-state index is 0.0856. The molecule has 0 amide bonds. The first kappa shape index (κ1) is 26.1. The van der Waals surface area contributed by atoms with Gasteiger partial charge in [-0.2, -0.15) is 13.2 Å². The summed E-state index contributed by atoms with van der Waals surface area (Å²) in [6, 6.07) is 9.22. The number of fused-ring (bicyclic) bond motifs is 1. The molecular formula is C22H22ClF3N6O3. The number of halogens is 4. The fraction of sp³-hybridized carbons (Fsp3) is 0.364. The zero-order valence-corrected chi connectivity index (χ0v) is 19.3. The zero-order chi connectivity index (χ0) is 25.9. The van der Waals surface area contributed by atoms with Crippen molar-refractivity contribution in [3.63, 3.8) is 0 Å². The minimum atomic E-state index is -5.08. The SMILES string of the molecule is O=C(O)C(F)(F)F.[C-]#[N+]c1ccccc1Cn1c(=O)n(C)c2nc(Cl)cc(N3CCC[C@@H](N)C3)c21. The van der Waals surface area contributed by atoms with Gasteiger partial charge in [0, 0.05) is 38.8 Å². The Morgan fingerprint density at radius 1 is 1.37 bits per heavy atom. The number of carboxylic acids is 1. The van der Waals surface area contributed by atoms with Gasteiger partial charge >= 0.3 is 17.8 Å². The molecule has 186 valence electrons. The molecule has 1 aliphatic heterocycles. The van der Waals surface area contributed by atoms with Crippen molar-refractivity contribution in [2.75, 3.05) is 18.0 Å². The highest BCUT2D eigenvalue weighted by Gasteiger charge is 2.38. The van der Waals surface area contributed by atoms with Crippen LogP contribution in [-0.4, -0.2) is 50.5 Å². The molecule has 35 heavy (non-hydrogen) atoms. The van der Waals surface area contributed by atoms with Crippen molar-refractivity contribution >= 4 is 40.1 Å². The van der Waals surface area contributed by atoms with Crippen LogP contribution < -0.4 is 16.3 Å². The Morgan fingerprint density at radius 2 is 2.03 bits per heavy atom. The summed E-state index contributed by atoms with van der Waals surface area (Å²) in [6.07, 6.45) is -3.11. The predicted octanol–water partition coefficient (Wildman–Crippen LogP) is 3.55. The van der Waals surface area contributed by atoms with E-state index in [1.54, 1.807) is 23.7 Å². The van der Waals surface area contributed by atoms with Crippen LogP contribution in [0.25, 0.3) is 16.0 Å². The van der Waals surface area contributed by atoms with Crippen molar-refractivity contribution in [3.05, 3.63) is 62.9 Å². The van der Waals surface area contributed by atoms with Crippen molar-refractivity contribution < 1.29 is 23.1 Å². The highest BCUT2D eigenvalue weighted by atomic mass is 35.5. The van der Waals surface area contributed by atoms with E-state index in [1.807, 2.05) is 18.2 Å². The highest BCUT2D eigenvalue weighted by Crippen LogP contribution is 2.31. The number of anilines is 1. The molecule has 0 spiro atoms. The molecule has 3 N–H and O–H groups in total. The molecule has 4 rings (SSSR count). The second-order valence-electron chi connectivity index (χ2n) is 7.96. The molecule has 2 aromatic heterocycles. The number of para-hydroxylation sites is 1. The lowest BCUT2D eigenvalue weighted by Crippen LogP contribution is -2.43. The standard InChI is InChI=1S/C20H21ClN6O.C2HF3O2/c1-23-15-8-4-3-6-13(15)11-27-18-16(26-9-5-7-14(22)12-26)10-17(21)24-19(18)25(2)20(27)28;3-2(4,5)1(6)7/h3-4,6,8,10,14H,5,7,9,11-12,22H2,2H3;(H,6,7)/t14-;/m1./s1. The van der Waals surface area contributed by atoms with Gasteiger partial charge in [0.05, 0.1) is 12.3 Å². The molecule has 1 aliphatic rings. The second kappa shape index (κ2) is 10.4. The van der Waals surface area contributed by atoms with Crippen LogP contribution in [0.15, 0.2) is 35.1 Å². The van der Waals surface area contributed by atoms with E-state index in [1.165, 1.54) is 4.57 Å². The Balaban J connectivity index is 0.000000429.